The smallest absolute Gasteiger partial charge is 0.255 e. The van der Waals surface area contributed by atoms with E-state index in [-0.39, 0.29) is 5.75 Å². The summed E-state index contributed by atoms with van der Waals surface area (Å²) >= 11 is 0. The molecule has 106 valence electrons. The number of halogens is 4. The van der Waals surface area contributed by atoms with Crippen LogP contribution < -0.4 is 4.74 Å². The summed E-state index contributed by atoms with van der Waals surface area (Å²) in [5.41, 5.74) is 1.10. The van der Waals surface area contributed by atoms with Crippen molar-refractivity contribution < 1.29 is 22.3 Å². The normalized spacial score (nSPS) is 10.7. The van der Waals surface area contributed by atoms with Crippen molar-refractivity contribution in [3.8, 4) is 11.5 Å². The topological polar surface area (TPSA) is 35.0 Å². The van der Waals surface area contributed by atoms with E-state index in [0.29, 0.717) is 17.8 Å². The summed E-state index contributed by atoms with van der Waals surface area (Å²) < 4.78 is 57.8. The number of ether oxygens (including phenoxy) is 1. The third kappa shape index (κ3) is 2.56. The predicted octanol–water partition coefficient (Wildman–Crippen LogP) is 3.70. The summed E-state index contributed by atoms with van der Waals surface area (Å²) in [4.78, 5) is 6.57. The Morgan fingerprint density at radius 2 is 1.60 bits per heavy atom. The molecule has 0 amide bonds. The Bertz CT molecular complexity index is 635. The van der Waals surface area contributed by atoms with Crippen molar-refractivity contribution in [3.05, 3.63) is 47.1 Å². The quantitative estimate of drug-likeness (QED) is 0.637. The summed E-state index contributed by atoms with van der Waals surface area (Å²) in [6.45, 7) is 3.49. The van der Waals surface area contributed by atoms with Crippen molar-refractivity contribution in [2.24, 2.45) is 0 Å². The molecule has 2 aromatic heterocycles. The van der Waals surface area contributed by atoms with E-state index in [1.165, 1.54) is 6.07 Å². The fourth-order valence-electron chi connectivity index (χ4n) is 1.61. The predicted molar refractivity (Wildman–Crippen MR) is 62.5 cm³/mol. The van der Waals surface area contributed by atoms with E-state index in [1.807, 2.05) is 0 Å². The lowest BCUT2D eigenvalue weighted by Gasteiger charge is -2.11. The lowest BCUT2D eigenvalue weighted by molar-refractivity contribution is 0.341. The fourth-order valence-corrected chi connectivity index (χ4v) is 1.61. The highest BCUT2D eigenvalue weighted by Crippen LogP contribution is 2.31. The number of pyridine rings is 2. The van der Waals surface area contributed by atoms with Crippen LogP contribution in [0.4, 0.5) is 17.6 Å². The molecule has 0 saturated carbocycles. The van der Waals surface area contributed by atoms with Gasteiger partial charge in [-0.3, -0.25) is 4.98 Å². The molecule has 0 spiro atoms. The number of rotatable bonds is 3. The Balaban J connectivity index is 2.50. The van der Waals surface area contributed by atoms with Gasteiger partial charge in [-0.2, -0.15) is 22.5 Å². The van der Waals surface area contributed by atoms with Gasteiger partial charge in [0.2, 0.25) is 17.4 Å². The molecule has 0 fully saturated rings. The number of hydrogen-bond donors (Lipinski definition) is 0. The molecule has 0 aromatic carbocycles. The summed E-state index contributed by atoms with van der Waals surface area (Å²) in [6.07, 6.45) is 0.427. The number of nitrogens with zero attached hydrogens (tertiary/aromatic N) is 2. The maximum absolute atomic E-state index is 13.5. The first-order valence-electron chi connectivity index (χ1n) is 5.78. The summed E-state index contributed by atoms with van der Waals surface area (Å²) in [7, 11) is 0. The maximum atomic E-state index is 13.5. The zero-order valence-corrected chi connectivity index (χ0v) is 10.7. The Morgan fingerprint density at radius 1 is 1.00 bits per heavy atom. The third-order valence-corrected chi connectivity index (χ3v) is 2.58. The second kappa shape index (κ2) is 5.44. The first kappa shape index (κ1) is 14.2. The molecule has 2 aromatic rings. The molecular weight excluding hydrogens is 276 g/mol. The van der Waals surface area contributed by atoms with Gasteiger partial charge in [-0.1, -0.05) is 6.92 Å². The largest absolute Gasteiger partial charge is 0.449 e. The van der Waals surface area contributed by atoms with Gasteiger partial charge in [0.1, 0.15) is 5.75 Å². The second-order valence-electron chi connectivity index (χ2n) is 4.00. The van der Waals surface area contributed by atoms with Crippen molar-refractivity contribution in [1.29, 1.82) is 0 Å². The van der Waals surface area contributed by atoms with Gasteiger partial charge in [0, 0.05) is 5.69 Å². The Kier molecular flexibility index (Phi) is 3.87. The van der Waals surface area contributed by atoms with Crippen molar-refractivity contribution >= 4 is 0 Å². The van der Waals surface area contributed by atoms with Crippen LogP contribution in [0.25, 0.3) is 0 Å². The van der Waals surface area contributed by atoms with Gasteiger partial charge in [-0.15, -0.1) is 0 Å². The van der Waals surface area contributed by atoms with E-state index in [0.717, 1.165) is 0 Å². The molecule has 0 N–H and O–H groups in total. The molecule has 2 rings (SSSR count). The third-order valence-electron chi connectivity index (χ3n) is 2.58. The number of aryl methyl sites for hydroxylation is 2. The molecule has 0 bridgehead atoms. The molecule has 0 atom stereocenters. The van der Waals surface area contributed by atoms with Crippen LogP contribution in [0.3, 0.4) is 0 Å². The molecule has 2 heterocycles. The van der Waals surface area contributed by atoms with Crippen molar-refractivity contribution in [3.63, 3.8) is 0 Å². The van der Waals surface area contributed by atoms with Crippen molar-refractivity contribution in [2.75, 3.05) is 0 Å². The Labute approximate surface area is 112 Å². The van der Waals surface area contributed by atoms with Crippen LogP contribution in [0.2, 0.25) is 0 Å². The van der Waals surface area contributed by atoms with Gasteiger partial charge in [0.15, 0.2) is 0 Å². The zero-order valence-electron chi connectivity index (χ0n) is 10.7. The number of aromatic nitrogens is 2. The second-order valence-corrected chi connectivity index (χ2v) is 4.00. The molecule has 3 nitrogen and oxygen atoms in total. The average molecular weight is 286 g/mol. The summed E-state index contributed by atoms with van der Waals surface area (Å²) in [6, 6.07) is 2.98. The van der Waals surface area contributed by atoms with Gasteiger partial charge < -0.3 is 4.74 Å². The Hall–Kier alpha value is -2.18. The van der Waals surface area contributed by atoms with Crippen LogP contribution in [-0.4, -0.2) is 9.97 Å². The van der Waals surface area contributed by atoms with E-state index in [2.05, 4.69) is 9.97 Å². The average Bonchev–Trinajstić information content (AvgIpc) is 2.42. The molecule has 0 aliphatic heterocycles. The van der Waals surface area contributed by atoms with Crippen LogP contribution in [0.1, 0.15) is 18.3 Å². The van der Waals surface area contributed by atoms with Crippen LogP contribution in [0, 0.1) is 30.5 Å². The van der Waals surface area contributed by atoms with E-state index >= 15 is 0 Å². The van der Waals surface area contributed by atoms with Crippen LogP contribution in [0.15, 0.2) is 12.1 Å². The highest BCUT2D eigenvalue weighted by atomic mass is 19.2. The minimum absolute atomic E-state index is 0.0286. The number of hydrogen-bond acceptors (Lipinski definition) is 3. The van der Waals surface area contributed by atoms with Gasteiger partial charge >= 0.3 is 0 Å². The zero-order chi connectivity index (χ0) is 14.9. The van der Waals surface area contributed by atoms with Crippen LogP contribution in [0.5, 0.6) is 11.5 Å². The first-order valence-corrected chi connectivity index (χ1v) is 5.78. The summed E-state index contributed by atoms with van der Waals surface area (Å²) in [5.74, 6) is -8.05. The van der Waals surface area contributed by atoms with Crippen LogP contribution >= 0.6 is 0 Å². The lowest BCUT2D eigenvalue weighted by Crippen LogP contribution is -2.04. The molecule has 0 aliphatic carbocycles. The van der Waals surface area contributed by atoms with Crippen molar-refractivity contribution in [1.82, 2.24) is 9.97 Å². The molecule has 0 radical (unpaired) electrons. The molecule has 7 heteroatoms. The molecule has 0 aliphatic rings. The minimum atomic E-state index is -1.77. The first-order chi connectivity index (χ1) is 9.43. The van der Waals surface area contributed by atoms with Crippen LogP contribution in [-0.2, 0) is 6.42 Å². The Morgan fingerprint density at radius 3 is 2.15 bits per heavy atom. The van der Waals surface area contributed by atoms with E-state index in [4.69, 9.17) is 4.74 Å². The van der Waals surface area contributed by atoms with Gasteiger partial charge in [0.25, 0.3) is 11.9 Å². The van der Waals surface area contributed by atoms with E-state index in [1.54, 1.807) is 19.9 Å². The highest BCUT2D eigenvalue weighted by Gasteiger charge is 2.23. The van der Waals surface area contributed by atoms with E-state index in [9.17, 15) is 17.6 Å². The fraction of sp³-hybridized carbons (Fsp3) is 0.231. The minimum Gasteiger partial charge on any atom is -0.449 e. The summed E-state index contributed by atoms with van der Waals surface area (Å²) in [5, 5.41) is 0. The van der Waals surface area contributed by atoms with Gasteiger partial charge in [-0.05, 0) is 25.5 Å². The standard InChI is InChI=1S/C13H10F4N2O/c1-3-7-8(5-4-6(2)18-7)20-11-9(14)12(16)19-13(17)10(11)15/h4-5H,3H2,1-2H3. The van der Waals surface area contributed by atoms with Gasteiger partial charge in [-0.25, -0.2) is 0 Å². The molecule has 0 unspecified atom stereocenters. The lowest BCUT2D eigenvalue weighted by atomic mass is 10.2. The monoisotopic (exact) mass is 286 g/mol. The molecule has 0 saturated heterocycles. The molecular formula is C13H10F4N2O. The molecule has 20 heavy (non-hydrogen) atoms. The highest BCUT2D eigenvalue weighted by molar-refractivity contribution is 5.36. The van der Waals surface area contributed by atoms with Crippen molar-refractivity contribution in [2.45, 2.75) is 20.3 Å². The van der Waals surface area contributed by atoms with Gasteiger partial charge in [0.05, 0.1) is 5.69 Å². The van der Waals surface area contributed by atoms with E-state index < -0.39 is 29.3 Å². The maximum Gasteiger partial charge on any atom is 0.255 e. The SMILES string of the molecule is CCc1nc(C)ccc1Oc1c(F)c(F)nc(F)c1F.